The highest BCUT2D eigenvalue weighted by atomic mass is 127. The molecule has 1 N–H and O–H groups in total. The third-order valence-corrected chi connectivity index (χ3v) is 2.00. The number of aromatic nitrogens is 1. The summed E-state index contributed by atoms with van der Waals surface area (Å²) in [5.74, 6) is -1.55. The molecule has 5 heteroatoms. The minimum atomic E-state index is -1.06. The standard InChI is InChI=1S/C7H5FINO2/c8-7-4(1-6(11)12)2-10-3-5(7)9/h2-3H,1H2,(H,11,12). The number of pyridine rings is 1. The first-order valence-electron chi connectivity index (χ1n) is 3.11. The molecule has 0 aliphatic carbocycles. The molecular formula is C7H5FINO2. The summed E-state index contributed by atoms with van der Waals surface area (Å²) < 4.78 is 13.4. The molecule has 0 aromatic carbocycles. The molecular weight excluding hydrogens is 276 g/mol. The predicted octanol–water partition coefficient (Wildman–Crippen LogP) is 1.45. The Balaban J connectivity index is 3.00. The summed E-state index contributed by atoms with van der Waals surface area (Å²) in [6.45, 7) is 0. The zero-order chi connectivity index (χ0) is 9.14. The van der Waals surface area contributed by atoms with E-state index >= 15 is 0 Å². The van der Waals surface area contributed by atoms with Gasteiger partial charge in [-0.1, -0.05) is 0 Å². The van der Waals surface area contributed by atoms with Crippen LogP contribution in [-0.2, 0) is 11.2 Å². The van der Waals surface area contributed by atoms with Crippen molar-refractivity contribution >= 4 is 28.6 Å². The van der Waals surface area contributed by atoms with Crippen LogP contribution in [0.2, 0.25) is 0 Å². The first kappa shape index (κ1) is 9.37. The lowest BCUT2D eigenvalue weighted by molar-refractivity contribution is -0.136. The van der Waals surface area contributed by atoms with E-state index in [1.54, 1.807) is 22.6 Å². The summed E-state index contributed by atoms with van der Waals surface area (Å²) in [5, 5.41) is 8.39. The molecule has 0 spiro atoms. The van der Waals surface area contributed by atoms with E-state index in [1.165, 1.54) is 12.4 Å². The van der Waals surface area contributed by atoms with E-state index in [1.807, 2.05) is 0 Å². The van der Waals surface area contributed by atoms with Gasteiger partial charge in [-0.2, -0.15) is 0 Å². The van der Waals surface area contributed by atoms with Crippen molar-refractivity contribution < 1.29 is 14.3 Å². The topological polar surface area (TPSA) is 50.2 Å². The molecule has 0 saturated heterocycles. The van der Waals surface area contributed by atoms with E-state index in [2.05, 4.69) is 4.98 Å². The van der Waals surface area contributed by atoms with Crippen LogP contribution in [0.3, 0.4) is 0 Å². The molecule has 1 rings (SSSR count). The fourth-order valence-corrected chi connectivity index (χ4v) is 1.25. The average molecular weight is 281 g/mol. The largest absolute Gasteiger partial charge is 0.481 e. The number of carboxylic acid groups (broad SMARTS) is 1. The Hall–Kier alpha value is -0.720. The maximum absolute atomic E-state index is 13.1. The number of carboxylic acids is 1. The van der Waals surface area contributed by atoms with Gasteiger partial charge in [-0.25, -0.2) is 4.39 Å². The zero-order valence-electron chi connectivity index (χ0n) is 5.92. The van der Waals surface area contributed by atoms with Crippen LogP contribution in [0.5, 0.6) is 0 Å². The number of aliphatic carboxylic acids is 1. The molecule has 0 fully saturated rings. The van der Waals surface area contributed by atoms with Crippen LogP contribution in [0.15, 0.2) is 12.4 Å². The number of halogens is 2. The third-order valence-electron chi connectivity index (χ3n) is 1.25. The summed E-state index contributed by atoms with van der Waals surface area (Å²) in [5.41, 5.74) is 0.120. The average Bonchev–Trinajstić information content (AvgIpc) is 1.98. The van der Waals surface area contributed by atoms with Crippen molar-refractivity contribution in [3.8, 4) is 0 Å². The van der Waals surface area contributed by atoms with Gasteiger partial charge in [-0.05, 0) is 22.6 Å². The maximum atomic E-state index is 13.1. The number of carbonyl (C=O) groups is 1. The Morgan fingerprint density at radius 2 is 2.33 bits per heavy atom. The van der Waals surface area contributed by atoms with Gasteiger partial charge in [0, 0.05) is 18.0 Å². The SMILES string of the molecule is O=C(O)Cc1cncc(I)c1F. The molecule has 0 atom stereocenters. The number of rotatable bonds is 2. The number of hydrogen-bond donors (Lipinski definition) is 1. The molecule has 3 nitrogen and oxygen atoms in total. The monoisotopic (exact) mass is 281 g/mol. The van der Waals surface area contributed by atoms with Crippen LogP contribution >= 0.6 is 22.6 Å². The first-order chi connectivity index (χ1) is 5.61. The molecule has 0 aliphatic heterocycles. The Morgan fingerprint density at radius 3 is 2.92 bits per heavy atom. The van der Waals surface area contributed by atoms with E-state index in [4.69, 9.17) is 5.11 Å². The Morgan fingerprint density at radius 1 is 1.67 bits per heavy atom. The fraction of sp³-hybridized carbons (Fsp3) is 0.143. The van der Waals surface area contributed by atoms with Gasteiger partial charge < -0.3 is 5.11 Å². The van der Waals surface area contributed by atoms with Gasteiger partial charge in [-0.3, -0.25) is 9.78 Å². The molecule has 0 unspecified atom stereocenters. The van der Waals surface area contributed by atoms with Crippen LogP contribution in [0.1, 0.15) is 5.56 Å². The first-order valence-corrected chi connectivity index (χ1v) is 4.19. The molecule has 0 saturated carbocycles. The highest BCUT2D eigenvalue weighted by Gasteiger charge is 2.09. The lowest BCUT2D eigenvalue weighted by Gasteiger charge is -1.99. The number of nitrogens with zero attached hydrogens (tertiary/aromatic N) is 1. The van der Waals surface area contributed by atoms with Crippen molar-refractivity contribution in [3.63, 3.8) is 0 Å². The van der Waals surface area contributed by atoms with E-state index in [-0.39, 0.29) is 12.0 Å². The van der Waals surface area contributed by atoms with Crippen molar-refractivity contribution in [1.29, 1.82) is 0 Å². The normalized spacial score (nSPS) is 9.83. The predicted molar refractivity (Wildman–Crippen MR) is 48.3 cm³/mol. The lowest BCUT2D eigenvalue weighted by atomic mass is 10.2. The highest BCUT2D eigenvalue weighted by molar-refractivity contribution is 14.1. The van der Waals surface area contributed by atoms with Crippen molar-refractivity contribution in [2.75, 3.05) is 0 Å². The third kappa shape index (κ3) is 2.13. The van der Waals surface area contributed by atoms with Crippen LogP contribution in [0, 0.1) is 9.39 Å². The molecule has 0 radical (unpaired) electrons. The second-order valence-electron chi connectivity index (χ2n) is 2.16. The van der Waals surface area contributed by atoms with Crippen LogP contribution in [0.4, 0.5) is 4.39 Å². The van der Waals surface area contributed by atoms with Crippen molar-refractivity contribution in [2.24, 2.45) is 0 Å². The smallest absolute Gasteiger partial charge is 0.307 e. The molecule has 0 bridgehead atoms. The van der Waals surface area contributed by atoms with Crippen molar-refractivity contribution in [3.05, 3.63) is 27.3 Å². The molecule has 0 amide bonds. The van der Waals surface area contributed by atoms with Gasteiger partial charge in [0.25, 0.3) is 0 Å². The fourth-order valence-electron chi connectivity index (χ4n) is 0.746. The van der Waals surface area contributed by atoms with Gasteiger partial charge in [0.05, 0.1) is 9.99 Å². The highest BCUT2D eigenvalue weighted by Crippen LogP contribution is 2.13. The van der Waals surface area contributed by atoms with E-state index in [9.17, 15) is 9.18 Å². The summed E-state index contributed by atoms with van der Waals surface area (Å²) >= 11 is 1.77. The molecule has 1 aromatic heterocycles. The van der Waals surface area contributed by atoms with Crippen molar-refractivity contribution in [2.45, 2.75) is 6.42 Å². The lowest BCUT2D eigenvalue weighted by Crippen LogP contribution is -2.04. The zero-order valence-corrected chi connectivity index (χ0v) is 8.08. The summed E-state index contributed by atoms with van der Waals surface area (Å²) in [6.07, 6.45) is 2.25. The second kappa shape index (κ2) is 3.79. The summed E-state index contributed by atoms with van der Waals surface area (Å²) in [4.78, 5) is 13.9. The second-order valence-corrected chi connectivity index (χ2v) is 3.33. The number of hydrogen-bond acceptors (Lipinski definition) is 2. The van der Waals surface area contributed by atoms with Crippen molar-refractivity contribution in [1.82, 2.24) is 4.98 Å². The Kier molecular flexibility index (Phi) is 2.96. The van der Waals surface area contributed by atoms with Gasteiger partial charge in [-0.15, -0.1) is 0 Å². The van der Waals surface area contributed by atoms with Gasteiger partial charge in [0.2, 0.25) is 0 Å². The van der Waals surface area contributed by atoms with Gasteiger partial charge in [0.15, 0.2) is 0 Å². The molecule has 12 heavy (non-hydrogen) atoms. The Labute approximate surface area is 81.8 Å². The van der Waals surface area contributed by atoms with Crippen LogP contribution in [-0.4, -0.2) is 16.1 Å². The quantitative estimate of drug-likeness (QED) is 0.835. The molecule has 1 heterocycles. The summed E-state index contributed by atoms with van der Waals surface area (Å²) in [6, 6.07) is 0. The minimum absolute atomic E-state index is 0.120. The van der Waals surface area contributed by atoms with E-state index < -0.39 is 11.8 Å². The van der Waals surface area contributed by atoms with Crippen LogP contribution < -0.4 is 0 Å². The maximum Gasteiger partial charge on any atom is 0.307 e. The summed E-state index contributed by atoms with van der Waals surface area (Å²) in [7, 11) is 0. The van der Waals surface area contributed by atoms with Gasteiger partial charge in [0.1, 0.15) is 5.82 Å². The van der Waals surface area contributed by atoms with E-state index in [0.717, 1.165) is 0 Å². The molecule has 64 valence electrons. The molecule has 1 aromatic rings. The minimum Gasteiger partial charge on any atom is -0.481 e. The van der Waals surface area contributed by atoms with E-state index in [0.29, 0.717) is 3.57 Å². The van der Waals surface area contributed by atoms with Gasteiger partial charge >= 0.3 is 5.97 Å². The molecule has 0 aliphatic rings. The Bertz CT molecular complexity index is 316. The van der Waals surface area contributed by atoms with Crippen LogP contribution in [0.25, 0.3) is 0 Å².